The van der Waals surface area contributed by atoms with Gasteiger partial charge >= 0.3 is 6.09 Å². The normalized spacial score (nSPS) is 18.4. The van der Waals surface area contributed by atoms with Gasteiger partial charge in [-0.2, -0.15) is 0 Å². The van der Waals surface area contributed by atoms with Gasteiger partial charge in [0.25, 0.3) is 5.91 Å². The number of hydrogen-bond donors (Lipinski definition) is 1. The first-order chi connectivity index (χ1) is 9.06. The van der Waals surface area contributed by atoms with Gasteiger partial charge in [-0.3, -0.25) is 9.69 Å². The van der Waals surface area contributed by atoms with Crippen LogP contribution >= 0.6 is 0 Å². The maximum absolute atomic E-state index is 13.8. The van der Waals surface area contributed by atoms with Crippen molar-refractivity contribution in [2.45, 2.75) is 19.4 Å². The summed E-state index contributed by atoms with van der Waals surface area (Å²) in [4.78, 5) is 24.4. The van der Waals surface area contributed by atoms with E-state index in [4.69, 9.17) is 4.74 Å². The van der Waals surface area contributed by atoms with E-state index in [-0.39, 0.29) is 11.7 Å². The van der Waals surface area contributed by atoms with Crippen molar-refractivity contribution in [1.82, 2.24) is 5.32 Å². The second kappa shape index (κ2) is 5.26. The molecule has 1 heterocycles. The number of ether oxygens (including phenoxy) is 1. The van der Waals surface area contributed by atoms with E-state index in [0.29, 0.717) is 18.7 Å². The first kappa shape index (κ1) is 13.3. The number of anilines is 1. The molecule has 102 valence electrons. The number of carbonyl (C=O) groups is 2. The Kier molecular flexibility index (Phi) is 3.69. The molecule has 19 heavy (non-hydrogen) atoms. The summed E-state index contributed by atoms with van der Waals surface area (Å²) in [6.07, 6.45) is 0.0502. The first-order valence-electron chi connectivity index (χ1n) is 6.06. The molecule has 0 bridgehead atoms. The topological polar surface area (TPSA) is 58.6 Å². The number of nitrogens with zero attached hydrogens (tertiary/aromatic N) is 1. The Bertz CT molecular complexity index is 519. The van der Waals surface area contributed by atoms with E-state index in [1.165, 1.54) is 30.1 Å². The van der Waals surface area contributed by atoms with Crippen LogP contribution in [0.5, 0.6) is 0 Å². The zero-order chi connectivity index (χ0) is 14.0. The molecule has 0 spiro atoms. The van der Waals surface area contributed by atoms with Crippen molar-refractivity contribution in [3.8, 4) is 0 Å². The van der Waals surface area contributed by atoms with Gasteiger partial charge in [0.05, 0.1) is 17.8 Å². The van der Waals surface area contributed by atoms with Crippen LogP contribution in [0.15, 0.2) is 18.2 Å². The third-order valence-electron chi connectivity index (χ3n) is 3.07. The van der Waals surface area contributed by atoms with Gasteiger partial charge in [0.1, 0.15) is 11.9 Å². The fourth-order valence-electron chi connectivity index (χ4n) is 1.94. The van der Waals surface area contributed by atoms with Gasteiger partial charge in [-0.1, -0.05) is 6.92 Å². The van der Waals surface area contributed by atoms with Crippen molar-refractivity contribution < 1.29 is 18.7 Å². The number of rotatable bonds is 3. The molecule has 0 aliphatic carbocycles. The molecule has 2 rings (SSSR count). The van der Waals surface area contributed by atoms with Crippen LogP contribution in [0.3, 0.4) is 0 Å². The monoisotopic (exact) mass is 266 g/mol. The summed E-state index contributed by atoms with van der Waals surface area (Å²) in [6, 6.07) is 4.06. The third kappa shape index (κ3) is 2.52. The molecule has 6 heteroatoms. The number of halogens is 1. The molecule has 0 saturated carbocycles. The lowest BCUT2D eigenvalue weighted by atomic mass is 10.1. The molecule has 1 N–H and O–H groups in total. The summed E-state index contributed by atoms with van der Waals surface area (Å²) in [5.74, 6) is -1.16. The van der Waals surface area contributed by atoms with Crippen molar-refractivity contribution in [3.05, 3.63) is 29.6 Å². The Morgan fingerprint density at radius 3 is 2.84 bits per heavy atom. The predicted molar refractivity (Wildman–Crippen MR) is 67.7 cm³/mol. The van der Waals surface area contributed by atoms with Gasteiger partial charge in [0, 0.05) is 7.05 Å². The number of benzene rings is 1. The van der Waals surface area contributed by atoms with Crippen LogP contribution in [-0.4, -0.2) is 31.7 Å². The highest BCUT2D eigenvalue weighted by Gasteiger charge is 2.31. The van der Waals surface area contributed by atoms with Crippen molar-refractivity contribution >= 4 is 17.7 Å². The van der Waals surface area contributed by atoms with Crippen LogP contribution in [0.1, 0.15) is 23.7 Å². The van der Waals surface area contributed by atoms with Gasteiger partial charge in [0.15, 0.2) is 0 Å². The number of carbonyl (C=O) groups excluding carboxylic acids is 2. The Morgan fingerprint density at radius 1 is 1.58 bits per heavy atom. The highest BCUT2D eigenvalue weighted by atomic mass is 19.1. The van der Waals surface area contributed by atoms with Crippen molar-refractivity contribution in [2.24, 2.45) is 0 Å². The third-order valence-corrected chi connectivity index (χ3v) is 3.07. The molecule has 1 atom stereocenters. The SMILES string of the molecule is CCC1CN(c2ccc(C(=O)NC)c(F)c2)C(=O)O1. The molecule has 2 amide bonds. The van der Waals surface area contributed by atoms with Gasteiger partial charge in [-0.15, -0.1) is 0 Å². The van der Waals surface area contributed by atoms with E-state index in [1.54, 1.807) is 0 Å². The molecule has 0 aromatic heterocycles. The van der Waals surface area contributed by atoms with E-state index in [9.17, 15) is 14.0 Å². The average molecular weight is 266 g/mol. The van der Waals surface area contributed by atoms with E-state index < -0.39 is 17.8 Å². The van der Waals surface area contributed by atoms with Crippen LogP contribution in [0, 0.1) is 5.82 Å². The van der Waals surface area contributed by atoms with Crippen molar-refractivity contribution in [1.29, 1.82) is 0 Å². The number of cyclic esters (lactones) is 1. The molecular weight excluding hydrogens is 251 g/mol. The molecule has 1 unspecified atom stereocenters. The number of hydrogen-bond acceptors (Lipinski definition) is 3. The molecular formula is C13H15FN2O3. The lowest BCUT2D eigenvalue weighted by Crippen LogP contribution is -2.25. The van der Waals surface area contributed by atoms with E-state index in [2.05, 4.69) is 5.32 Å². The minimum Gasteiger partial charge on any atom is -0.444 e. The molecule has 0 radical (unpaired) electrons. The van der Waals surface area contributed by atoms with Gasteiger partial charge in [-0.25, -0.2) is 9.18 Å². The predicted octanol–water partition coefficient (Wildman–Crippen LogP) is 1.92. The number of amides is 2. The summed E-state index contributed by atoms with van der Waals surface area (Å²) in [6.45, 7) is 2.31. The Morgan fingerprint density at radius 2 is 2.32 bits per heavy atom. The largest absolute Gasteiger partial charge is 0.444 e. The summed E-state index contributed by atoms with van der Waals surface area (Å²) in [7, 11) is 1.43. The molecule has 1 aliphatic rings. The Balaban J connectivity index is 2.25. The van der Waals surface area contributed by atoms with E-state index in [1.807, 2.05) is 6.92 Å². The van der Waals surface area contributed by atoms with E-state index >= 15 is 0 Å². The first-order valence-corrected chi connectivity index (χ1v) is 6.06. The highest BCUT2D eigenvalue weighted by molar-refractivity contribution is 5.95. The molecule has 1 fully saturated rings. The minimum absolute atomic E-state index is 0.0501. The highest BCUT2D eigenvalue weighted by Crippen LogP contribution is 2.24. The Labute approximate surface area is 110 Å². The summed E-state index contributed by atoms with van der Waals surface area (Å²) in [5, 5.41) is 2.35. The summed E-state index contributed by atoms with van der Waals surface area (Å²) < 4.78 is 18.9. The standard InChI is InChI=1S/C13H15FN2O3/c1-3-9-7-16(13(18)19-9)8-4-5-10(11(14)6-8)12(17)15-2/h4-6,9H,3,7H2,1-2H3,(H,15,17). The Hall–Kier alpha value is -2.11. The van der Waals surface area contributed by atoms with Crippen molar-refractivity contribution in [2.75, 3.05) is 18.5 Å². The molecule has 1 saturated heterocycles. The van der Waals surface area contributed by atoms with Crippen LogP contribution in [-0.2, 0) is 4.74 Å². The van der Waals surface area contributed by atoms with Crippen LogP contribution in [0.25, 0.3) is 0 Å². The zero-order valence-electron chi connectivity index (χ0n) is 10.8. The smallest absolute Gasteiger partial charge is 0.414 e. The van der Waals surface area contributed by atoms with Crippen LogP contribution < -0.4 is 10.2 Å². The lowest BCUT2D eigenvalue weighted by molar-refractivity contribution is 0.0959. The van der Waals surface area contributed by atoms with Crippen LogP contribution in [0.4, 0.5) is 14.9 Å². The van der Waals surface area contributed by atoms with Crippen LogP contribution in [0.2, 0.25) is 0 Å². The second-order valence-corrected chi connectivity index (χ2v) is 4.27. The second-order valence-electron chi connectivity index (χ2n) is 4.27. The van der Waals surface area contributed by atoms with Gasteiger partial charge in [-0.05, 0) is 24.6 Å². The fraction of sp³-hybridized carbons (Fsp3) is 0.385. The zero-order valence-corrected chi connectivity index (χ0v) is 10.8. The molecule has 1 aliphatic heterocycles. The summed E-state index contributed by atoms with van der Waals surface area (Å²) >= 11 is 0. The van der Waals surface area contributed by atoms with Crippen molar-refractivity contribution in [3.63, 3.8) is 0 Å². The number of nitrogens with one attached hydrogen (secondary N) is 1. The quantitative estimate of drug-likeness (QED) is 0.909. The lowest BCUT2D eigenvalue weighted by Gasteiger charge is -2.13. The molecule has 1 aromatic carbocycles. The maximum atomic E-state index is 13.8. The van der Waals surface area contributed by atoms with E-state index in [0.717, 1.165) is 0 Å². The molecule has 1 aromatic rings. The average Bonchev–Trinajstić information content (AvgIpc) is 2.79. The van der Waals surface area contributed by atoms with Gasteiger partial charge < -0.3 is 10.1 Å². The molecule has 5 nitrogen and oxygen atoms in total. The fourth-order valence-corrected chi connectivity index (χ4v) is 1.94. The van der Waals surface area contributed by atoms with Gasteiger partial charge in [0.2, 0.25) is 0 Å². The minimum atomic E-state index is -0.662. The summed E-state index contributed by atoms with van der Waals surface area (Å²) in [5.41, 5.74) is 0.344. The maximum Gasteiger partial charge on any atom is 0.414 e.